The molecule has 3 atom stereocenters. The summed E-state index contributed by atoms with van der Waals surface area (Å²) in [5.74, 6) is 0. The van der Waals surface area contributed by atoms with E-state index in [1.807, 2.05) is 9.80 Å². The molecule has 0 aromatic heterocycles. The molecule has 42 heavy (non-hydrogen) atoms. The molecule has 2 heterocycles. The van der Waals surface area contributed by atoms with Crippen LogP contribution in [0.2, 0.25) is 0 Å². The van der Waals surface area contributed by atoms with Crippen molar-refractivity contribution in [2.24, 2.45) is 0 Å². The van der Waals surface area contributed by atoms with Gasteiger partial charge in [0, 0.05) is 55.9 Å². The van der Waals surface area contributed by atoms with Crippen LogP contribution in [-0.4, -0.2) is 108 Å². The number of nitrogens with zero attached hydrogens (tertiary/aromatic N) is 3. The van der Waals surface area contributed by atoms with Crippen molar-refractivity contribution in [1.82, 2.24) is 13.9 Å². The van der Waals surface area contributed by atoms with Gasteiger partial charge in [0.05, 0.1) is 30.4 Å². The SMILES string of the molecule is CC(O)(c1ccc(N2CCN(S(=O)(=O)c3ccccc3S)C[C@@H]2CN2CCOCC2CNS(C)(=O)=O)cc1)C(F)(F)F. The number of thiol groups is 1. The average Bonchev–Trinajstić information content (AvgIpc) is 2.92. The molecule has 16 heteroatoms. The molecule has 0 spiro atoms. The molecule has 0 amide bonds. The molecule has 2 fully saturated rings. The number of anilines is 1. The van der Waals surface area contributed by atoms with Gasteiger partial charge < -0.3 is 14.7 Å². The van der Waals surface area contributed by atoms with Crippen LogP contribution in [-0.2, 0) is 30.4 Å². The van der Waals surface area contributed by atoms with Crippen molar-refractivity contribution in [3.8, 4) is 0 Å². The summed E-state index contributed by atoms with van der Waals surface area (Å²) in [4.78, 5) is 4.34. The van der Waals surface area contributed by atoms with Gasteiger partial charge in [-0.2, -0.15) is 17.5 Å². The first kappa shape index (κ1) is 33.0. The molecule has 2 unspecified atom stereocenters. The first-order valence-electron chi connectivity index (χ1n) is 13.2. The summed E-state index contributed by atoms with van der Waals surface area (Å²) >= 11 is 4.33. The maximum Gasteiger partial charge on any atom is 0.421 e. The lowest BCUT2D eigenvalue weighted by Gasteiger charge is -2.46. The first-order chi connectivity index (χ1) is 19.5. The molecule has 2 aromatic carbocycles. The molecule has 10 nitrogen and oxygen atoms in total. The van der Waals surface area contributed by atoms with E-state index in [2.05, 4.69) is 17.4 Å². The van der Waals surface area contributed by atoms with Crippen LogP contribution in [0.1, 0.15) is 12.5 Å². The third-order valence-electron chi connectivity index (χ3n) is 7.62. The number of piperazine rings is 1. The van der Waals surface area contributed by atoms with Crippen molar-refractivity contribution in [2.75, 3.05) is 63.6 Å². The van der Waals surface area contributed by atoms with Gasteiger partial charge in [0.1, 0.15) is 0 Å². The van der Waals surface area contributed by atoms with Crippen molar-refractivity contribution in [2.45, 2.75) is 40.6 Å². The predicted octanol–water partition coefficient (Wildman–Crippen LogP) is 1.87. The van der Waals surface area contributed by atoms with Crippen molar-refractivity contribution < 1.29 is 39.9 Å². The van der Waals surface area contributed by atoms with Crippen molar-refractivity contribution in [3.63, 3.8) is 0 Å². The van der Waals surface area contributed by atoms with Crippen molar-refractivity contribution in [1.29, 1.82) is 0 Å². The smallest absolute Gasteiger partial charge is 0.378 e. The van der Waals surface area contributed by atoms with Gasteiger partial charge in [-0.25, -0.2) is 21.6 Å². The first-order valence-corrected chi connectivity index (χ1v) is 17.0. The lowest BCUT2D eigenvalue weighted by molar-refractivity contribution is -0.258. The van der Waals surface area contributed by atoms with E-state index in [1.54, 1.807) is 18.2 Å². The van der Waals surface area contributed by atoms with Crippen LogP contribution >= 0.6 is 12.6 Å². The highest BCUT2D eigenvalue weighted by Crippen LogP contribution is 2.39. The molecule has 4 rings (SSSR count). The zero-order valence-corrected chi connectivity index (χ0v) is 25.7. The number of ether oxygens (including phenoxy) is 1. The average molecular weight is 653 g/mol. The summed E-state index contributed by atoms with van der Waals surface area (Å²) in [7, 11) is -7.38. The maximum absolute atomic E-state index is 13.6. The fraction of sp³-hybridized carbons (Fsp3) is 0.538. The number of halogens is 3. The minimum Gasteiger partial charge on any atom is -0.378 e. The zero-order chi connectivity index (χ0) is 30.9. The quantitative estimate of drug-likeness (QED) is 0.352. The van der Waals surface area contributed by atoms with E-state index in [0.717, 1.165) is 6.26 Å². The number of benzene rings is 2. The Morgan fingerprint density at radius 2 is 1.69 bits per heavy atom. The fourth-order valence-corrected chi connectivity index (χ4v) is 7.69. The number of hydrogen-bond acceptors (Lipinski definition) is 9. The highest BCUT2D eigenvalue weighted by Gasteiger charge is 2.51. The number of nitrogens with one attached hydrogen (secondary N) is 1. The van der Waals surface area contributed by atoms with Gasteiger partial charge in [-0.15, -0.1) is 12.6 Å². The summed E-state index contributed by atoms with van der Waals surface area (Å²) < 4.78 is 100. The summed E-state index contributed by atoms with van der Waals surface area (Å²) in [6.45, 7) is 2.68. The van der Waals surface area contributed by atoms with Crippen LogP contribution in [0, 0.1) is 0 Å². The Morgan fingerprint density at radius 1 is 1.02 bits per heavy atom. The van der Waals surface area contributed by atoms with Gasteiger partial charge in [0.25, 0.3) is 0 Å². The Kier molecular flexibility index (Phi) is 9.89. The molecule has 2 saturated heterocycles. The fourth-order valence-electron chi connectivity index (χ4n) is 5.13. The second kappa shape index (κ2) is 12.6. The molecule has 0 bridgehead atoms. The highest BCUT2D eigenvalue weighted by atomic mass is 32.2. The number of rotatable bonds is 9. The predicted molar refractivity (Wildman–Crippen MR) is 155 cm³/mol. The third-order valence-corrected chi connectivity index (χ3v) is 10.8. The Bertz CT molecular complexity index is 1460. The van der Waals surface area contributed by atoms with Crippen molar-refractivity contribution in [3.05, 3.63) is 54.1 Å². The van der Waals surface area contributed by atoms with E-state index < -0.39 is 37.9 Å². The molecule has 234 valence electrons. The van der Waals surface area contributed by atoms with Gasteiger partial charge in [0.15, 0.2) is 5.60 Å². The topological polar surface area (TPSA) is 119 Å². The Labute approximate surface area is 249 Å². The van der Waals surface area contributed by atoms with Gasteiger partial charge in [-0.05, 0) is 36.8 Å². The minimum atomic E-state index is -4.87. The van der Waals surface area contributed by atoms with Crippen LogP contribution in [0.5, 0.6) is 0 Å². The Hall–Kier alpha value is -1.92. The molecular weight excluding hydrogens is 618 g/mol. The van der Waals surface area contributed by atoms with Crippen LogP contribution in [0.25, 0.3) is 0 Å². The number of alkyl halides is 3. The Balaban J connectivity index is 1.64. The Morgan fingerprint density at radius 3 is 2.31 bits per heavy atom. The van der Waals surface area contributed by atoms with Crippen LogP contribution in [0.4, 0.5) is 18.9 Å². The lowest BCUT2D eigenvalue weighted by Crippen LogP contribution is -2.61. The van der Waals surface area contributed by atoms with Crippen LogP contribution < -0.4 is 9.62 Å². The van der Waals surface area contributed by atoms with E-state index in [4.69, 9.17) is 4.74 Å². The third kappa shape index (κ3) is 7.41. The molecule has 2 aliphatic heterocycles. The van der Waals surface area contributed by atoms with E-state index in [-0.39, 0.29) is 49.3 Å². The molecule has 2 aliphatic rings. The zero-order valence-electron chi connectivity index (χ0n) is 23.2. The minimum absolute atomic E-state index is 0.0655. The number of hydrogen-bond donors (Lipinski definition) is 3. The monoisotopic (exact) mass is 652 g/mol. The number of aliphatic hydroxyl groups is 1. The van der Waals surface area contributed by atoms with E-state index in [0.29, 0.717) is 37.2 Å². The standard InChI is InChI=1S/C26H35F3N4O6S3/c1-25(34,26(27,28)29)19-7-9-20(10-8-19)33-12-11-32(42(37,38)24-6-4-3-5-23(24)40)17-22(33)16-31-13-14-39-18-21(31)15-30-41(2,35)36/h3-10,21-22,30,34,40H,11-18H2,1-2H3/t21?,22-,25?/m0/s1. The van der Waals surface area contributed by atoms with E-state index >= 15 is 0 Å². The van der Waals surface area contributed by atoms with Crippen molar-refractivity contribution >= 4 is 38.4 Å². The summed E-state index contributed by atoms with van der Waals surface area (Å²) in [6, 6.07) is 11.0. The van der Waals surface area contributed by atoms with Crippen LogP contribution in [0.15, 0.2) is 58.3 Å². The summed E-state index contributed by atoms with van der Waals surface area (Å²) in [5.41, 5.74) is -2.79. The van der Waals surface area contributed by atoms with Gasteiger partial charge in [0.2, 0.25) is 20.0 Å². The number of sulfonamides is 2. The number of morpholine rings is 1. The highest BCUT2D eigenvalue weighted by molar-refractivity contribution is 7.90. The molecular formula is C26H35F3N4O6S3. The molecule has 0 saturated carbocycles. The molecule has 2 aromatic rings. The second-order valence-electron chi connectivity index (χ2n) is 10.6. The molecule has 0 aliphatic carbocycles. The molecule has 0 radical (unpaired) electrons. The second-order valence-corrected chi connectivity index (χ2v) is 14.9. The van der Waals surface area contributed by atoms with E-state index in [1.165, 1.54) is 34.6 Å². The normalized spacial score (nSPS) is 23.1. The summed E-state index contributed by atoms with van der Waals surface area (Å²) in [5, 5.41) is 10.1. The van der Waals surface area contributed by atoms with Crippen LogP contribution in [0.3, 0.4) is 0 Å². The van der Waals surface area contributed by atoms with Gasteiger partial charge >= 0.3 is 6.18 Å². The maximum atomic E-state index is 13.6. The van der Waals surface area contributed by atoms with Gasteiger partial charge in [-0.1, -0.05) is 24.3 Å². The molecule has 2 N–H and O–H groups in total. The van der Waals surface area contributed by atoms with E-state index in [9.17, 15) is 35.1 Å². The summed E-state index contributed by atoms with van der Waals surface area (Å²) in [6.07, 6.45) is -3.81. The largest absolute Gasteiger partial charge is 0.421 e. The lowest BCUT2D eigenvalue weighted by atomic mass is 9.95. The van der Waals surface area contributed by atoms with Gasteiger partial charge in [-0.3, -0.25) is 4.90 Å².